The number of benzene rings is 1. The van der Waals surface area contributed by atoms with Gasteiger partial charge in [-0.05, 0) is 49.1 Å². The highest BCUT2D eigenvalue weighted by molar-refractivity contribution is 6.92. The molecule has 0 fully saturated rings. The lowest BCUT2D eigenvalue weighted by atomic mass is 9.26. The van der Waals surface area contributed by atoms with Crippen LogP contribution in [0.3, 0.4) is 0 Å². The molecule has 0 spiro atoms. The van der Waals surface area contributed by atoms with E-state index in [0.29, 0.717) is 0 Å². The molecule has 0 atom stereocenters. The number of aromatic nitrogens is 8. The molecule has 0 unspecified atom stereocenters. The largest absolute Gasteiger partial charge is 0.417 e. The summed E-state index contributed by atoms with van der Waals surface area (Å²) in [5, 5.41) is 18.6. The van der Waals surface area contributed by atoms with Crippen LogP contribution in [0.2, 0.25) is 10.6 Å². The molecule has 0 bridgehead atoms. The van der Waals surface area contributed by atoms with Gasteiger partial charge in [0.15, 0.2) is 0 Å². The van der Waals surface area contributed by atoms with Gasteiger partial charge >= 0.3 is 0 Å². The van der Waals surface area contributed by atoms with Crippen molar-refractivity contribution in [1.29, 1.82) is 0 Å². The summed E-state index contributed by atoms with van der Waals surface area (Å²) in [4.78, 5) is 0. The van der Waals surface area contributed by atoms with Gasteiger partial charge in [-0.1, -0.05) is 65.8 Å². The summed E-state index contributed by atoms with van der Waals surface area (Å²) < 4.78 is 8.30. The monoisotopic (exact) mass is 480 g/mol. The summed E-state index contributed by atoms with van der Waals surface area (Å²) in [5.74, 6) is 0. The van der Waals surface area contributed by atoms with E-state index in [9.17, 15) is 0 Å². The fourth-order valence-corrected chi connectivity index (χ4v) is 6.48. The molecule has 0 aliphatic rings. The van der Waals surface area contributed by atoms with E-state index in [2.05, 4.69) is 84.2 Å². The molecule has 0 N–H and O–H groups in total. The topological polar surface area (TPSA) is 71.3 Å². The van der Waals surface area contributed by atoms with Gasteiger partial charge < -0.3 is 18.4 Å². The van der Waals surface area contributed by atoms with Gasteiger partial charge in [-0.25, -0.2) is 20.4 Å². The van der Waals surface area contributed by atoms with Crippen LogP contribution in [0.4, 0.5) is 0 Å². The fourth-order valence-electron chi connectivity index (χ4n) is 6.48. The van der Waals surface area contributed by atoms with Crippen molar-refractivity contribution in [3.8, 4) is 0 Å². The maximum absolute atomic E-state index is 4.74. The van der Waals surface area contributed by atoms with Crippen LogP contribution >= 0.6 is 0 Å². The normalized spacial score (nSPS) is 13.3. The van der Waals surface area contributed by atoms with E-state index in [1.54, 1.807) is 0 Å². The van der Waals surface area contributed by atoms with Gasteiger partial charge in [0.05, 0.1) is 0 Å². The van der Waals surface area contributed by atoms with Crippen molar-refractivity contribution in [2.75, 3.05) is 0 Å². The molecule has 5 rings (SSSR count). The van der Waals surface area contributed by atoms with Crippen molar-refractivity contribution in [2.45, 2.75) is 52.2 Å². The van der Waals surface area contributed by atoms with Crippen LogP contribution in [0, 0.1) is 0 Å². The molecule has 0 saturated heterocycles. The third-order valence-corrected chi connectivity index (χ3v) is 7.91. The first-order valence-electron chi connectivity index (χ1n) is 12.5. The minimum atomic E-state index is -1.59. The van der Waals surface area contributed by atoms with Gasteiger partial charge in [0, 0.05) is 24.8 Å². The molecule has 4 aromatic heterocycles. The van der Waals surface area contributed by atoms with Crippen LogP contribution in [0.1, 0.15) is 41.5 Å². The molecule has 36 heavy (non-hydrogen) atoms. The summed E-state index contributed by atoms with van der Waals surface area (Å²) >= 11 is 0. The van der Waals surface area contributed by atoms with Gasteiger partial charge in [-0.15, -0.1) is 10.6 Å². The molecule has 0 aliphatic heterocycles. The number of nitrogens with zero attached hydrogens (tertiary/aromatic N) is 8. The molecule has 0 saturated carbocycles. The van der Waals surface area contributed by atoms with Crippen LogP contribution in [0.5, 0.6) is 0 Å². The Morgan fingerprint density at radius 3 is 0.889 bits per heavy atom. The summed E-state index contributed by atoms with van der Waals surface area (Å²) in [6, 6.07) is 16.8. The molecule has 10 heteroatoms. The van der Waals surface area contributed by atoms with Gasteiger partial charge in [0.25, 0.3) is 12.8 Å². The molecule has 0 amide bonds. The second kappa shape index (κ2) is 8.40. The zero-order chi connectivity index (χ0) is 25.6. The van der Waals surface area contributed by atoms with Crippen molar-refractivity contribution in [2.24, 2.45) is 0 Å². The summed E-state index contributed by atoms with van der Waals surface area (Å²) in [5.41, 5.74) is 2.30. The molecule has 186 valence electrons. The lowest BCUT2D eigenvalue weighted by Crippen LogP contribution is -2.69. The van der Waals surface area contributed by atoms with Crippen LogP contribution in [-0.4, -0.2) is 51.6 Å². The zero-order valence-electron chi connectivity index (χ0n) is 22.0. The molecule has 8 nitrogen and oxygen atoms in total. The highest BCUT2D eigenvalue weighted by Gasteiger charge is 2.46. The SMILES string of the molecule is CC(C)(C)[B-](c1ccc([B-](n2cccn2)(n2cccn2)C(C)(C)C)cc1)(n1cccn1)n1cccn1. The van der Waals surface area contributed by atoms with E-state index in [-0.39, 0.29) is 10.6 Å². The van der Waals surface area contributed by atoms with Crippen molar-refractivity contribution in [3.05, 3.63) is 98.1 Å². The van der Waals surface area contributed by atoms with Gasteiger partial charge in [0.2, 0.25) is 0 Å². The van der Waals surface area contributed by atoms with Gasteiger partial charge in [0.1, 0.15) is 0 Å². The van der Waals surface area contributed by atoms with E-state index < -0.39 is 12.8 Å². The Balaban J connectivity index is 1.77. The second-order valence-electron chi connectivity index (χ2n) is 11.9. The molecule has 1 aromatic carbocycles. The Labute approximate surface area is 212 Å². The third-order valence-electron chi connectivity index (χ3n) is 7.91. The predicted molar refractivity (Wildman–Crippen MR) is 147 cm³/mol. The highest BCUT2D eigenvalue weighted by Crippen LogP contribution is 2.39. The Morgan fingerprint density at radius 2 is 0.722 bits per heavy atom. The predicted octanol–water partition coefficient (Wildman–Crippen LogP) is 3.56. The minimum absolute atomic E-state index is 0.199. The summed E-state index contributed by atoms with van der Waals surface area (Å²) in [6.45, 7) is 13.5. The Morgan fingerprint density at radius 1 is 0.472 bits per heavy atom. The average molecular weight is 480 g/mol. The number of hydrogen-bond acceptors (Lipinski definition) is 4. The maximum atomic E-state index is 4.74. The number of rotatable bonds is 6. The maximum Gasteiger partial charge on any atom is 0.257 e. The van der Waals surface area contributed by atoms with Crippen molar-refractivity contribution in [1.82, 2.24) is 38.8 Å². The van der Waals surface area contributed by atoms with Crippen LogP contribution in [-0.2, 0) is 0 Å². The average Bonchev–Trinajstić information content (AvgIpc) is 3.63. The molecule has 4 heterocycles. The van der Waals surface area contributed by atoms with E-state index >= 15 is 0 Å². The van der Waals surface area contributed by atoms with Crippen molar-refractivity contribution in [3.63, 3.8) is 0 Å². The van der Waals surface area contributed by atoms with Crippen LogP contribution in [0.15, 0.2) is 98.1 Å². The molecular weight excluding hydrogens is 446 g/mol. The first-order valence-corrected chi connectivity index (χ1v) is 12.5. The molecule has 5 aromatic rings. The first kappa shape index (κ1) is 23.9. The molecule has 0 radical (unpaired) electrons. The number of hydrogen-bond donors (Lipinski definition) is 0. The minimum Gasteiger partial charge on any atom is -0.417 e. The van der Waals surface area contributed by atoms with Crippen LogP contribution in [0.25, 0.3) is 0 Å². The van der Waals surface area contributed by atoms with Crippen LogP contribution < -0.4 is 10.9 Å². The highest BCUT2D eigenvalue weighted by atomic mass is 15.4. The van der Waals surface area contributed by atoms with Gasteiger partial charge in [-0.2, -0.15) is 10.9 Å². The van der Waals surface area contributed by atoms with Crippen molar-refractivity contribution < 1.29 is 0 Å². The summed E-state index contributed by atoms with van der Waals surface area (Å²) in [7, 11) is 0. The lowest BCUT2D eigenvalue weighted by Gasteiger charge is -2.54. The van der Waals surface area contributed by atoms with E-state index in [0.717, 1.165) is 10.9 Å². The van der Waals surface area contributed by atoms with Crippen molar-refractivity contribution >= 4 is 23.8 Å². The molecule has 0 aliphatic carbocycles. The molecular formula is C26H34B2N8-2. The Kier molecular flexibility index (Phi) is 5.58. The smallest absolute Gasteiger partial charge is 0.257 e. The van der Waals surface area contributed by atoms with Gasteiger partial charge in [-0.3, -0.25) is 0 Å². The first-order chi connectivity index (χ1) is 17.1. The fraction of sp³-hybridized carbons (Fsp3) is 0.308. The lowest BCUT2D eigenvalue weighted by molar-refractivity contribution is 0.641. The Bertz CT molecular complexity index is 1200. The quantitative estimate of drug-likeness (QED) is 0.349. The van der Waals surface area contributed by atoms with E-state index in [1.807, 2.05) is 73.8 Å². The zero-order valence-corrected chi connectivity index (χ0v) is 22.0. The summed E-state index contributed by atoms with van der Waals surface area (Å²) in [6.07, 6.45) is 12.3. The standard InChI is InChI=1S/C26H34B2N8/c1-25(2,3)27(33-19-7-15-29-33,34-20-8-16-30-34)23-11-13-24(14-12-23)28(26(4,5)6,35-21-9-17-31-35)36-22-10-18-32-36/h7-22H,1-6H3/q-2. The third kappa shape index (κ3) is 3.31. The second-order valence-corrected chi connectivity index (χ2v) is 11.9. The van der Waals surface area contributed by atoms with E-state index in [4.69, 9.17) is 20.4 Å². The Hall–Kier alpha value is -3.81. The van der Waals surface area contributed by atoms with E-state index in [1.165, 1.54) is 0 Å².